The Balaban J connectivity index is 2.17. The van der Waals surface area contributed by atoms with Crippen molar-refractivity contribution >= 4 is 0 Å². The van der Waals surface area contributed by atoms with E-state index in [9.17, 15) is 0 Å². The number of nitrogens with two attached hydrogens (primary N) is 1. The summed E-state index contributed by atoms with van der Waals surface area (Å²) < 4.78 is 5.13. The molecule has 0 saturated carbocycles. The van der Waals surface area contributed by atoms with Gasteiger partial charge in [0.1, 0.15) is 0 Å². The predicted octanol–water partition coefficient (Wildman–Crippen LogP) is 2.65. The first-order valence-corrected chi connectivity index (χ1v) is 6.14. The maximum Gasteiger partial charge on any atom is 0.213 e. The van der Waals surface area contributed by atoms with Crippen LogP contribution in [0, 0.1) is 0 Å². The van der Waals surface area contributed by atoms with Crippen LogP contribution >= 0.6 is 0 Å². The second kappa shape index (κ2) is 6.17. The molecule has 0 bridgehead atoms. The van der Waals surface area contributed by atoms with Crippen molar-refractivity contribution in [3.63, 3.8) is 0 Å². The molecule has 1 aromatic heterocycles. The lowest BCUT2D eigenvalue weighted by atomic mass is 10.1. The zero-order chi connectivity index (χ0) is 12.8. The lowest BCUT2D eigenvalue weighted by Crippen LogP contribution is -2.00. The Kier molecular flexibility index (Phi) is 4.31. The molecule has 0 spiro atoms. The van der Waals surface area contributed by atoms with Crippen molar-refractivity contribution in [2.75, 3.05) is 13.7 Å². The first-order valence-electron chi connectivity index (χ1n) is 6.14. The van der Waals surface area contributed by atoms with Crippen LogP contribution in [-0.4, -0.2) is 18.6 Å². The van der Waals surface area contributed by atoms with Crippen LogP contribution in [0.15, 0.2) is 42.5 Å². The summed E-state index contributed by atoms with van der Waals surface area (Å²) in [4.78, 5) is 4.41. The quantitative estimate of drug-likeness (QED) is 0.876. The largest absolute Gasteiger partial charge is 0.481 e. The summed E-state index contributed by atoms with van der Waals surface area (Å²) in [5, 5.41) is 0. The van der Waals surface area contributed by atoms with E-state index in [-0.39, 0.29) is 0 Å². The van der Waals surface area contributed by atoms with E-state index in [1.165, 1.54) is 5.56 Å². The van der Waals surface area contributed by atoms with Gasteiger partial charge in [-0.3, -0.25) is 0 Å². The molecule has 18 heavy (non-hydrogen) atoms. The number of aryl methyl sites for hydroxylation is 1. The highest BCUT2D eigenvalue weighted by molar-refractivity contribution is 5.59. The summed E-state index contributed by atoms with van der Waals surface area (Å²) in [5.41, 5.74) is 8.85. The molecular formula is C15H18N2O. The number of benzene rings is 1. The summed E-state index contributed by atoms with van der Waals surface area (Å²) in [6.07, 6.45) is 2.05. The topological polar surface area (TPSA) is 48.1 Å². The van der Waals surface area contributed by atoms with Crippen molar-refractivity contribution < 1.29 is 4.74 Å². The lowest BCUT2D eigenvalue weighted by molar-refractivity contribution is 0.398. The minimum Gasteiger partial charge on any atom is -0.481 e. The molecule has 0 saturated heterocycles. The molecule has 94 valence electrons. The molecule has 1 heterocycles. The van der Waals surface area contributed by atoms with Crippen molar-refractivity contribution in [2.24, 2.45) is 5.73 Å². The maximum absolute atomic E-state index is 5.51. The molecule has 0 aliphatic carbocycles. The van der Waals surface area contributed by atoms with Gasteiger partial charge in [0.05, 0.1) is 12.8 Å². The van der Waals surface area contributed by atoms with Gasteiger partial charge in [0.25, 0.3) is 0 Å². The van der Waals surface area contributed by atoms with Gasteiger partial charge in [0.15, 0.2) is 0 Å². The van der Waals surface area contributed by atoms with Crippen molar-refractivity contribution in [1.29, 1.82) is 0 Å². The molecule has 2 rings (SSSR count). The average molecular weight is 242 g/mol. The van der Waals surface area contributed by atoms with Gasteiger partial charge < -0.3 is 10.5 Å². The molecule has 0 unspecified atom stereocenters. The predicted molar refractivity (Wildman–Crippen MR) is 73.6 cm³/mol. The van der Waals surface area contributed by atoms with Crippen LogP contribution in [0.3, 0.4) is 0 Å². The maximum atomic E-state index is 5.51. The number of rotatable bonds is 5. The number of nitrogens with zero attached hydrogens (tertiary/aromatic N) is 1. The lowest BCUT2D eigenvalue weighted by Gasteiger charge is -2.05. The minimum atomic E-state index is 0.639. The Morgan fingerprint density at radius 3 is 2.56 bits per heavy atom. The molecule has 0 aliphatic heterocycles. The van der Waals surface area contributed by atoms with Gasteiger partial charge in [-0.1, -0.05) is 30.3 Å². The van der Waals surface area contributed by atoms with Crippen molar-refractivity contribution in [3.05, 3.63) is 48.0 Å². The Labute approximate surface area is 108 Å². The van der Waals surface area contributed by atoms with Crippen LogP contribution in [0.25, 0.3) is 11.3 Å². The van der Waals surface area contributed by atoms with Gasteiger partial charge in [-0.25, -0.2) is 4.98 Å². The molecule has 2 N–H and O–H groups in total. The van der Waals surface area contributed by atoms with Crippen molar-refractivity contribution in [3.8, 4) is 17.1 Å². The van der Waals surface area contributed by atoms with E-state index in [0.29, 0.717) is 5.88 Å². The van der Waals surface area contributed by atoms with Crippen molar-refractivity contribution in [1.82, 2.24) is 4.98 Å². The van der Waals surface area contributed by atoms with E-state index >= 15 is 0 Å². The second-order valence-corrected chi connectivity index (χ2v) is 4.15. The standard InChI is InChI=1S/C15H18N2O/c1-18-15-6-2-5-14(17-15)13-9-7-12(8-10-13)4-3-11-16/h2,5-10H,3-4,11,16H2,1H3. The molecule has 0 radical (unpaired) electrons. The Bertz CT molecular complexity index is 494. The van der Waals surface area contributed by atoms with Crippen LogP contribution in [0.5, 0.6) is 5.88 Å². The van der Waals surface area contributed by atoms with Gasteiger partial charge in [-0.2, -0.15) is 0 Å². The van der Waals surface area contributed by atoms with Crippen LogP contribution in [0.1, 0.15) is 12.0 Å². The third-order valence-electron chi connectivity index (χ3n) is 2.85. The monoisotopic (exact) mass is 242 g/mol. The summed E-state index contributed by atoms with van der Waals surface area (Å²) in [6, 6.07) is 14.2. The highest BCUT2D eigenvalue weighted by atomic mass is 16.5. The zero-order valence-electron chi connectivity index (χ0n) is 10.6. The fourth-order valence-corrected chi connectivity index (χ4v) is 1.84. The molecule has 1 aromatic carbocycles. The summed E-state index contributed by atoms with van der Waals surface area (Å²) >= 11 is 0. The second-order valence-electron chi connectivity index (χ2n) is 4.15. The fraction of sp³-hybridized carbons (Fsp3) is 0.267. The van der Waals surface area contributed by atoms with E-state index in [1.54, 1.807) is 7.11 Å². The van der Waals surface area contributed by atoms with Crippen LogP contribution in [0.2, 0.25) is 0 Å². The number of hydrogen-bond acceptors (Lipinski definition) is 3. The van der Waals surface area contributed by atoms with E-state index in [2.05, 4.69) is 29.2 Å². The molecule has 0 aliphatic rings. The molecule has 3 heteroatoms. The Morgan fingerprint density at radius 2 is 1.89 bits per heavy atom. The summed E-state index contributed by atoms with van der Waals surface area (Å²) in [5.74, 6) is 0.639. The minimum absolute atomic E-state index is 0.639. The fourth-order valence-electron chi connectivity index (χ4n) is 1.84. The summed E-state index contributed by atoms with van der Waals surface area (Å²) in [6.45, 7) is 0.735. The van der Waals surface area contributed by atoms with Crippen LogP contribution in [0.4, 0.5) is 0 Å². The van der Waals surface area contributed by atoms with Gasteiger partial charge in [-0.15, -0.1) is 0 Å². The van der Waals surface area contributed by atoms with Gasteiger partial charge in [0, 0.05) is 11.6 Å². The smallest absolute Gasteiger partial charge is 0.213 e. The number of methoxy groups -OCH3 is 1. The third kappa shape index (κ3) is 3.08. The van der Waals surface area contributed by atoms with Gasteiger partial charge in [-0.05, 0) is 31.0 Å². The molecule has 0 fully saturated rings. The molecular weight excluding hydrogens is 224 g/mol. The molecule has 0 atom stereocenters. The van der Waals surface area contributed by atoms with Crippen molar-refractivity contribution in [2.45, 2.75) is 12.8 Å². The van der Waals surface area contributed by atoms with E-state index < -0.39 is 0 Å². The highest BCUT2D eigenvalue weighted by Crippen LogP contribution is 2.20. The van der Waals surface area contributed by atoms with E-state index in [4.69, 9.17) is 10.5 Å². The average Bonchev–Trinajstić information content (AvgIpc) is 2.46. The Morgan fingerprint density at radius 1 is 1.11 bits per heavy atom. The van der Waals surface area contributed by atoms with E-state index in [1.807, 2.05) is 18.2 Å². The number of hydrogen-bond donors (Lipinski definition) is 1. The summed E-state index contributed by atoms with van der Waals surface area (Å²) in [7, 11) is 1.63. The van der Waals surface area contributed by atoms with Crippen LogP contribution < -0.4 is 10.5 Å². The first-order chi connectivity index (χ1) is 8.83. The highest BCUT2D eigenvalue weighted by Gasteiger charge is 2.01. The van der Waals surface area contributed by atoms with Gasteiger partial charge in [0.2, 0.25) is 5.88 Å². The number of aromatic nitrogens is 1. The Hall–Kier alpha value is -1.87. The normalized spacial score (nSPS) is 10.3. The molecule has 0 amide bonds. The number of ether oxygens (including phenoxy) is 1. The number of pyridine rings is 1. The van der Waals surface area contributed by atoms with Crippen LogP contribution in [-0.2, 0) is 6.42 Å². The van der Waals surface area contributed by atoms with Gasteiger partial charge >= 0.3 is 0 Å². The molecule has 3 nitrogen and oxygen atoms in total. The molecule has 2 aromatic rings. The van der Waals surface area contributed by atoms with E-state index in [0.717, 1.165) is 30.6 Å². The zero-order valence-corrected chi connectivity index (χ0v) is 10.6. The third-order valence-corrected chi connectivity index (χ3v) is 2.85. The first kappa shape index (κ1) is 12.6. The SMILES string of the molecule is COc1cccc(-c2ccc(CCCN)cc2)n1.